The molecule has 0 unspecified atom stereocenters. The van der Waals surface area contributed by atoms with Crippen molar-refractivity contribution in [3.8, 4) is 0 Å². The van der Waals surface area contributed by atoms with Crippen LogP contribution < -0.4 is 5.73 Å². The number of nitrogens with zero attached hydrogens (tertiary/aromatic N) is 1. The quantitative estimate of drug-likeness (QED) is 0.867. The van der Waals surface area contributed by atoms with Crippen molar-refractivity contribution in [1.82, 2.24) is 4.98 Å². The fourth-order valence-electron chi connectivity index (χ4n) is 1.33. The van der Waals surface area contributed by atoms with Gasteiger partial charge in [-0.25, -0.2) is 4.98 Å². The summed E-state index contributed by atoms with van der Waals surface area (Å²) in [5, 5.41) is 1.87. The van der Waals surface area contributed by atoms with Gasteiger partial charge in [-0.05, 0) is 40.5 Å². The van der Waals surface area contributed by atoms with Crippen molar-refractivity contribution in [3.05, 3.63) is 44.2 Å². The molecule has 2 heterocycles. The Hall–Kier alpha value is -1.20. The highest BCUT2D eigenvalue weighted by atomic mass is 79.9. The van der Waals surface area contributed by atoms with E-state index in [0.717, 1.165) is 10.0 Å². The van der Waals surface area contributed by atoms with Crippen LogP contribution in [0.2, 0.25) is 0 Å². The molecule has 0 saturated heterocycles. The van der Waals surface area contributed by atoms with Crippen LogP contribution in [0, 0.1) is 6.92 Å². The molecule has 2 aromatic rings. The minimum atomic E-state index is -0.0793. The number of thiophene rings is 1. The van der Waals surface area contributed by atoms with Gasteiger partial charge < -0.3 is 5.73 Å². The molecule has 3 nitrogen and oxygen atoms in total. The van der Waals surface area contributed by atoms with E-state index in [4.69, 9.17) is 5.73 Å². The molecule has 0 atom stereocenters. The van der Waals surface area contributed by atoms with E-state index < -0.39 is 0 Å². The van der Waals surface area contributed by atoms with Gasteiger partial charge in [0.15, 0.2) is 0 Å². The van der Waals surface area contributed by atoms with Crippen molar-refractivity contribution in [1.29, 1.82) is 0 Å². The Kier molecular flexibility index (Phi) is 3.07. The first kappa shape index (κ1) is 11.3. The summed E-state index contributed by atoms with van der Waals surface area (Å²) in [5.41, 5.74) is 7.09. The molecule has 82 valence electrons. The monoisotopic (exact) mass is 296 g/mol. The SMILES string of the molecule is Cc1cnc(N)c(C(=O)c2cc(Br)cs2)c1. The maximum absolute atomic E-state index is 12.1. The predicted octanol–water partition coefficient (Wildman–Crippen LogP) is 3.03. The molecule has 16 heavy (non-hydrogen) atoms. The van der Waals surface area contributed by atoms with Gasteiger partial charge in [0.1, 0.15) is 5.82 Å². The van der Waals surface area contributed by atoms with Crippen LogP contribution in [-0.2, 0) is 0 Å². The van der Waals surface area contributed by atoms with Crippen LogP contribution in [-0.4, -0.2) is 10.8 Å². The Morgan fingerprint density at radius 1 is 1.50 bits per heavy atom. The third kappa shape index (κ3) is 2.15. The first-order valence-electron chi connectivity index (χ1n) is 4.59. The number of aryl methyl sites for hydroxylation is 1. The van der Waals surface area contributed by atoms with E-state index in [-0.39, 0.29) is 11.6 Å². The van der Waals surface area contributed by atoms with E-state index in [9.17, 15) is 4.79 Å². The average Bonchev–Trinajstić information content (AvgIpc) is 2.67. The van der Waals surface area contributed by atoms with Gasteiger partial charge in [0.25, 0.3) is 0 Å². The third-order valence-electron chi connectivity index (χ3n) is 2.09. The highest BCUT2D eigenvalue weighted by Gasteiger charge is 2.15. The number of carbonyl (C=O) groups excluding carboxylic acids is 1. The minimum absolute atomic E-state index is 0.0793. The Labute approximate surface area is 105 Å². The number of ketones is 1. The number of halogens is 1. The van der Waals surface area contributed by atoms with E-state index in [2.05, 4.69) is 20.9 Å². The fraction of sp³-hybridized carbons (Fsp3) is 0.0909. The lowest BCUT2D eigenvalue weighted by Crippen LogP contribution is -2.05. The normalized spacial score (nSPS) is 10.4. The number of nitrogen functional groups attached to an aromatic ring is 1. The van der Waals surface area contributed by atoms with Gasteiger partial charge in [-0.2, -0.15) is 0 Å². The van der Waals surface area contributed by atoms with Crippen LogP contribution in [0.3, 0.4) is 0 Å². The third-order valence-corrected chi connectivity index (χ3v) is 3.78. The molecular weight excluding hydrogens is 288 g/mol. The number of rotatable bonds is 2. The van der Waals surface area contributed by atoms with Crippen LogP contribution in [0.5, 0.6) is 0 Å². The maximum Gasteiger partial charge on any atom is 0.206 e. The van der Waals surface area contributed by atoms with Crippen LogP contribution in [0.15, 0.2) is 28.2 Å². The number of carbonyl (C=O) groups is 1. The summed E-state index contributed by atoms with van der Waals surface area (Å²) in [6, 6.07) is 3.55. The fourth-order valence-corrected chi connectivity index (χ4v) is 2.71. The minimum Gasteiger partial charge on any atom is -0.383 e. The Morgan fingerprint density at radius 2 is 2.25 bits per heavy atom. The van der Waals surface area contributed by atoms with E-state index in [1.807, 2.05) is 12.3 Å². The maximum atomic E-state index is 12.1. The van der Waals surface area contributed by atoms with Crippen molar-refractivity contribution in [3.63, 3.8) is 0 Å². The van der Waals surface area contributed by atoms with E-state index in [1.165, 1.54) is 11.3 Å². The molecular formula is C11H9BrN2OS. The Bertz CT molecular complexity index is 551. The van der Waals surface area contributed by atoms with Gasteiger partial charge in [-0.3, -0.25) is 4.79 Å². The molecule has 0 amide bonds. The molecule has 0 aliphatic heterocycles. The van der Waals surface area contributed by atoms with Gasteiger partial charge in [-0.1, -0.05) is 0 Å². The Balaban J connectivity index is 2.45. The van der Waals surface area contributed by atoms with E-state index >= 15 is 0 Å². The molecule has 0 saturated carbocycles. The largest absolute Gasteiger partial charge is 0.383 e. The van der Waals surface area contributed by atoms with Crippen molar-refractivity contribution in [2.75, 3.05) is 5.73 Å². The lowest BCUT2D eigenvalue weighted by Gasteiger charge is -2.03. The van der Waals surface area contributed by atoms with Gasteiger partial charge >= 0.3 is 0 Å². The summed E-state index contributed by atoms with van der Waals surface area (Å²) < 4.78 is 0.903. The highest BCUT2D eigenvalue weighted by molar-refractivity contribution is 9.10. The molecule has 5 heteroatoms. The zero-order valence-electron chi connectivity index (χ0n) is 8.53. The summed E-state index contributed by atoms with van der Waals surface area (Å²) >= 11 is 4.70. The van der Waals surface area contributed by atoms with Crippen LogP contribution >= 0.6 is 27.3 Å². The first-order valence-corrected chi connectivity index (χ1v) is 6.26. The molecule has 0 spiro atoms. The van der Waals surface area contributed by atoms with Crippen LogP contribution in [0.1, 0.15) is 20.8 Å². The number of nitrogens with two attached hydrogens (primary N) is 1. The lowest BCUT2D eigenvalue weighted by atomic mass is 10.1. The zero-order chi connectivity index (χ0) is 11.7. The van der Waals surface area contributed by atoms with Crippen LogP contribution in [0.25, 0.3) is 0 Å². The van der Waals surface area contributed by atoms with Gasteiger partial charge in [0.05, 0.1) is 10.4 Å². The van der Waals surface area contributed by atoms with Crippen LogP contribution in [0.4, 0.5) is 5.82 Å². The van der Waals surface area contributed by atoms with Gasteiger partial charge in [0, 0.05) is 16.0 Å². The second-order valence-electron chi connectivity index (χ2n) is 3.40. The topological polar surface area (TPSA) is 56.0 Å². The van der Waals surface area contributed by atoms with E-state index in [1.54, 1.807) is 18.3 Å². The average molecular weight is 297 g/mol. The van der Waals surface area contributed by atoms with Gasteiger partial charge in [0.2, 0.25) is 5.78 Å². The van der Waals surface area contributed by atoms with Crippen molar-refractivity contribution < 1.29 is 4.79 Å². The molecule has 2 N–H and O–H groups in total. The number of anilines is 1. The summed E-state index contributed by atoms with van der Waals surface area (Å²) in [7, 11) is 0. The van der Waals surface area contributed by atoms with Crippen molar-refractivity contribution in [2.24, 2.45) is 0 Å². The lowest BCUT2D eigenvalue weighted by molar-refractivity contribution is 0.104. The molecule has 0 bridgehead atoms. The molecule has 0 aromatic carbocycles. The summed E-state index contributed by atoms with van der Waals surface area (Å²) in [5.74, 6) is 0.199. The standard InChI is InChI=1S/C11H9BrN2OS/c1-6-2-8(11(13)14-4-6)10(15)9-3-7(12)5-16-9/h2-5H,1H3,(H2,13,14). The van der Waals surface area contributed by atoms with Crippen molar-refractivity contribution >= 4 is 38.9 Å². The Morgan fingerprint density at radius 3 is 2.88 bits per heavy atom. The van der Waals surface area contributed by atoms with Crippen molar-refractivity contribution in [2.45, 2.75) is 6.92 Å². The molecule has 0 fully saturated rings. The molecule has 2 rings (SSSR count). The van der Waals surface area contributed by atoms with Gasteiger partial charge in [-0.15, -0.1) is 11.3 Å². The zero-order valence-corrected chi connectivity index (χ0v) is 10.9. The first-order chi connectivity index (χ1) is 7.58. The number of pyridine rings is 1. The predicted molar refractivity (Wildman–Crippen MR) is 68.8 cm³/mol. The second-order valence-corrected chi connectivity index (χ2v) is 5.23. The highest BCUT2D eigenvalue weighted by Crippen LogP contribution is 2.24. The number of hydrogen-bond donors (Lipinski definition) is 1. The molecule has 2 aromatic heterocycles. The van der Waals surface area contributed by atoms with E-state index in [0.29, 0.717) is 10.4 Å². The number of hydrogen-bond acceptors (Lipinski definition) is 4. The second kappa shape index (κ2) is 4.35. The summed E-state index contributed by atoms with van der Waals surface area (Å²) in [4.78, 5) is 16.7. The molecule has 0 aliphatic carbocycles. The smallest absolute Gasteiger partial charge is 0.206 e. The molecule has 0 aliphatic rings. The number of aromatic nitrogens is 1. The summed E-state index contributed by atoms with van der Waals surface area (Å²) in [6.07, 6.45) is 1.65. The summed E-state index contributed by atoms with van der Waals surface area (Å²) in [6.45, 7) is 1.88. The molecule has 0 radical (unpaired) electrons.